The van der Waals surface area contributed by atoms with Crippen LogP contribution in [-0.2, 0) is 19.8 Å². The molecule has 4 rings (SSSR count). The lowest BCUT2D eigenvalue weighted by molar-refractivity contribution is -0.143. The Labute approximate surface area is 204 Å². The molecule has 2 saturated heterocycles. The van der Waals surface area contributed by atoms with Crippen LogP contribution in [-0.4, -0.2) is 71.7 Å². The van der Waals surface area contributed by atoms with Gasteiger partial charge < -0.3 is 9.80 Å². The molecule has 0 unspecified atom stereocenters. The van der Waals surface area contributed by atoms with Crippen molar-refractivity contribution in [2.24, 2.45) is 5.92 Å². The molecule has 3 fully saturated rings. The van der Waals surface area contributed by atoms with E-state index < -0.39 is 5.41 Å². The Morgan fingerprint density at radius 1 is 1.06 bits per heavy atom. The molecule has 1 aromatic rings. The van der Waals surface area contributed by atoms with Gasteiger partial charge in [-0.1, -0.05) is 49.6 Å². The fourth-order valence-electron chi connectivity index (χ4n) is 6.10. The molecule has 34 heavy (non-hydrogen) atoms. The maximum absolute atomic E-state index is 13.8. The second-order valence-electron chi connectivity index (χ2n) is 10.8. The summed E-state index contributed by atoms with van der Waals surface area (Å²) < 4.78 is 0. The number of likely N-dealkylation sites (tertiary alicyclic amines) is 2. The van der Waals surface area contributed by atoms with E-state index in [-0.39, 0.29) is 30.6 Å². The Bertz CT molecular complexity index is 861. The van der Waals surface area contributed by atoms with Crippen LogP contribution in [0.4, 0.5) is 0 Å². The van der Waals surface area contributed by atoms with Crippen LogP contribution in [0, 0.1) is 5.92 Å². The standard InChI is InChI=1S/C28H41N3O3/c1-22(30-16-9-10-17-30)15-18-29(2)25(32)19-28(24-13-7-4-8-14-24)20-26(33)31(27(28)34)21-23-11-5-3-6-12-23/h4,7-8,13-14,22-23H,3,5-6,9-12,15-21H2,1-2H3/t22-,28-/m1/s1. The molecule has 6 nitrogen and oxygen atoms in total. The maximum atomic E-state index is 13.8. The summed E-state index contributed by atoms with van der Waals surface area (Å²) in [5, 5.41) is 0. The van der Waals surface area contributed by atoms with E-state index in [1.165, 1.54) is 37.0 Å². The summed E-state index contributed by atoms with van der Waals surface area (Å²) in [6.45, 7) is 5.68. The smallest absolute Gasteiger partial charge is 0.240 e. The number of imide groups is 1. The van der Waals surface area contributed by atoms with Gasteiger partial charge in [-0.15, -0.1) is 0 Å². The van der Waals surface area contributed by atoms with Gasteiger partial charge in [-0.05, 0) is 63.6 Å². The van der Waals surface area contributed by atoms with Gasteiger partial charge in [0.15, 0.2) is 0 Å². The van der Waals surface area contributed by atoms with E-state index in [9.17, 15) is 14.4 Å². The zero-order chi connectivity index (χ0) is 24.1. The molecular weight excluding hydrogens is 426 g/mol. The fourth-order valence-corrected chi connectivity index (χ4v) is 6.10. The third-order valence-corrected chi connectivity index (χ3v) is 8.43. The van der Waals surface area contributed by atoms with Gasteiger partial charge in [-0.25, -0.2) is 0 Å². The number of carbonyl (C=O) groups excluding carboxylic acids is 3. The predicted octanol–water partition coefficient (Wildman–Crippen LogP) is 3.99. The van der Waals surface area contributed by atoms with Crippen molar-refractivity contribution < 1.29 is 14.4 Å². The van der Waals surface area contributed by atoms with E-state index in [1.807, 2.05) is 37.4 Å². The molecule has 1 saturated carbocycles. The number of hydrogen-bond donors (Lipinski definition) is 0. The molecule has 1 aromatic carbocycles. The zero-order valence-electron chi connectivity index (χ0n) is 21.0. The minimum atomic E-state index is -1.08. The maximum Gasteiger partial charge on any atom is 0.240 e. The summed E-state index contributed by atoms with van der Waals surface area (Å²) in [7, 11) is 1.83. The number of nitrogens with zero attached hydrogens (tertiary/aromatic N) is 3. The third-order valence-electron chi connectivity index (χ3n) is 8.43. The van der Waals surface area contributed by atoms with Crippen molar-refractivity contribution in [1.29, 1.82) is 0 Å². The van der Waals surface area contributed by atoms with E-state index in [1.54, 1.807) is 4.90 Å². The molecule has 3 aliphatic rings. The lowest BCUT2D eigenvalue weighted by Gasteiger charge is -2.31. The summed E-state index contributed by atoms with van der Waals surface area (Å²) >= 11 is 0. The number of rotatable bonds is 9. The van der Waals surface area contributed by atoms with Crippen LogP contribution in [0.2, 0.25) is 0 Å². The Balaban J connectivity index is 1.47. The highest BCUT2D eigenvalue weighted by atomic mass is 16.2. The highest BCUT2D eigenvalue weighted by Gasteiger charge is 2.54. The normalized spacial score (nSPS) is 25.2. The lowest BCUT2D eigenvalue weighted by Crippen LogP contribution is -2.44. The van der Waals surface area contributed by atoms with Crippen molar-refractivity contribution in [2.75, 3.05) is 33.2 Å². The van der Waals surface area contributed by atoms with Crippen molar-refractivity contribution in [3.63, 3.8) is 0 Å². The van der Waals surface area contributed by atoms with Crippen molar-refractivity contribution in [1.82, 2.24) is 14.7 Å². The van der Waals surface area contributed by atoms with Crippen LogP contribution >= 0.6 is 0 Å². The quantitative estimate of drug-likeness (QED) is 0.516. The molecule has 0 spiro atoms. The first-order valence-electron chi connectivity index (χ1n) is 13.3. The van der Waals surface area contributed by atoms with Gasteiger partial charge in [0, 0.05) is 39.0 Å². The zero-order valence-corrected chi connectivity index (χ0v) is 21.0. The fraction of sp³-hybridized carbons (Fsp3) is 0.679. The van der Waals surface area contributed by atoms with Crippen LogP contribution in [0.3, 0.4) is 0 Å². The topological polar surface area (TPSA) is 60.9 Å². The van der Waals surface area contributed by atoms with Gasteiger partial charge in [0.05, 0.1) is 5.41 Å². The van der Waals surface area contributed by atoms with E-state index in [4.69, 9.17) is 0 Å². The van der Waals surface area contributed by atoms with Crippen molar-refractivity contribution in [3.05, 3.63) is 35.9 Å². The molecule has 0 N–H and O–H groups in total. The molecule has 2 aliphatic heterocycles. The second kappa shape index (κ2) is 11.0. The summed E-state index contributed by atoms with van der Waals surface area (Å²) in [5.74, 6) is 0.0239. The molecule has 6 heteroatoms. The van der Waals surface area contributed by atoms with Crippen LogP contribution in [0.15, 0.2) is 30.3 Å². The number of hydrogen-bond acceptors (Lipinski definition) is 4. The van der Waals surface area contributed by atoms with Crippen LogP contribution in [0.25, 0.3) is 0 Å². The highest BCUT2D eigenvalue weighted by molar-refractivity contribution is 6.10. The summed E-state index contributed by atoms with van der Waals surface area (Å²) in [5.41, 5.74) is -0.300. The SMILES string of the molecule is C[C@H](CCN(C)C(=O)C[C@]1(c2ccccc2)CC(=O)N(CC2CCCCC2)C1=O)N1CCCC1. The molecule has 3 amide bonds. The average molecular weight is 468 g/mol. The Morgan fingerprint density at radius 3 is 2.41 bits per heavy atom. The summed E-state index contributed by atoms with van der Waals surface area (Å²) in [4.78, 5) is 46.1. The first-order valence-corrected chi connectivity index (χ1v) is 13.3. The van der Waals surface area contributed by atoms with E-state index in [0.717, 1.165) is 37.9 Å². The van der Waals surface area contributed by atoms with Gasteiger partial charge in [0.2, 0.25) is 17.7 Å². The van der Waals surface area contributed by atoms with Gasteiger partial charge in [-0.2, -0.15) is 0 Å². The first kappa shape index (κ1) is 24.9. The molecule has 0 aromatic heterocycles. The number of benzene rings is 1. The Kier molecular flexibility index (Phi) is 8.07. The van der Waals surface area contributed by atoms with Crippen LogP contribution in [0.5, 0.6) is 0 Å². The molecule has 2 atom stereocenters. The molecule has 186 valence electrons. The van der Waals surface area contributed by atoms with Crippen molar-refractivity contribution in [3.8, 4) is 0 Å². The first-order chi connectivity index (χ1) is 16.4. The van der Waals surface area contributed by atoms with E-state index in [0.29, 0.717) is 25.0 Å². The molecule has 0 radical (unpaired) electrons. The average Bonchev–Trinajstić information content (AvgIpc) is 3.48. The van der Waals surface area contributed by atoms with Crippen LogP contribution in [0.1, 0.15) is 76.7 Å². The minimum Gasteiger partial charge on any atom is -0.346 e. The van der Waals surface area contributed by atoms with Gasteiger partial charge in [0.1, 0.15) is 0 Å². The molecular formula is C28H41N3O3. The van der Waals surface area contributed by atoms with Gasteiger partial charge >= 0.3 is 0 Å². The predicted molar refractivity (Wildman–Crippen MR) is 133 cm³/mol. The number of carbonyl (C=O) groups is 3. The monoisotopic (exact) mass is 467 g/mol. The van der Waals surface area contributed by atoms with Gasteiger partial charge in [0.25, 0.3) is 0 Å². The number of amides is 3. The Hall–Kier alpha value is -2.21. The summed E-state index contributed by atoms with van der Waals surface area (Å²) in [6.07, 6.45) is 9.30. The van der Waals surface area contributed by atoms with Crippen molar-refractivity contribution in [2.45, 2.75) is 82.6 Å². The second-order valence-corrected chi connectivity index (χ2v) is 10.8. The largest absolute Gasteiger partial charge is 0.346 e. The van der Waals surface area contributed by atoms with E-state index in [2.05, 4.69) is 11.8 Å². The van der Waals surface area contributed by atoms with E-state index >= 15 is 0 Å². The third kappa shape index (κ3) is 5.37. The highest BCUT2D eigenvalue weighted by Crippen LogP contribution is 2.41. The van der Waals surface area contributed by atoms with Crippen LogP contribution < -0.4 is 0 Å². The minimum absolute atomic E-state index is 0.0529. The lowest BCUT2D eigenvalue weighted by atomic mass is 9.75. The van der Waals surface area contributed by atoms with Crippen molar-refractivity contribution >= 4 is 17.7 Å². The molecule has 1 aliphatic carbocycles. The van der Waals surface area contributed by atoms with Gasteiger partial charge in [-0.3, -0.25) is 19.3 Å². The molecule has 0 bridgehead atoms. The molecule has 2 heterocycles. The Morgan fingerprint density at radius 2 is 1.74 bits per heavy atom. The summed E-state index contributed by atoms with van der Waals surface area (Å²) in [6, 6.07) is 9.94.